The zero-order valence-corrected chi connectivity index (χ0v) is 13.2. The summed E-state index contributed by atoms with van der Waals surface area (Å²) in [5, 5.41) is 0.192. The Balaban J connectivity index is 3.02. The average Bonchev–Trinajstić information content (AvgIpc) is 2.11. The lowest BCUT2D eigenvalue weighted by Crippen LogP contribution is -2.43. The molecule has 4 heteroatoms. The number of hydrogen-bond donors (Lipinski definition) is 1. The summed E-state index contributed by atoms with van der Waals surface area (Å²) in [5.41, 5.74) is 6.56. The van der Waals surface area contributed by atoms with E-state index >= 15 is 0 Å². The van der Waals surface area contributed by atoms with E-state index in [1.165, 1.54) is 0 Å². The van der Waals surface area contributed by atoms with E-state index in [4.69, 9.17) is 10.2 Å². The summed E-state index contributed by atoms with van der Waals surface area (Å²) < 4.78 is 7.05. The molecular formula is C12H20BrNOSi. The third kappa shape index (κ3) is 2.80. The summed E-state index contributed by atoms with van der Waals surface area (Å²) in [7, 11) is -1.79. The summed E-state index contributed by atoms with van der Waals surface area (Å²) in [6.45, 7) is 11.1. The van der Waals surface area contributed by atoms with Crippen LogP contribution < -0.4 is 10.2 Å². The molecule has 0 saturated heterocycles. The second kappa shape index (κ2) is 4.41. The third-order valence-electron chi connectivity index (χ3n) is 3.16. The van der Waals surface area contributed by atoms with Crippen molar-refractivity contribution in [3.8, 4) is 5.75 Å². The minimum Gasteiger partial charge on any atom is -0.543 e. The molecule has 0 amide bonds. The van der Waals surface area contributed by atoms with Crippen LogP contribution in [0.4, 0.5) is 5.69 Å². The fourth-order valence-corrected chi connectivity index (χ4v) is 2.56. The monoisotopic (exact) mass is 301 g/mol. The van der Waals surface area contributed by atoms with Crippen molar-refractivity contribution in [3.63, 3.8) is 0 Å². The fourth-order valence-electron chi connectivity index (χ4n) is 1.03. The van der Waals surface area contributed by atoms with Gasteiger partial charge in [-0.25, -0.2) is 0 Å². The maximum absolute atomic E-state index is 6.19. The molecule has 1 aromatic rings. The van der Waals surface area contributed by atoms with Crippen LogP contribution in [0.5, 0.6) is 5.75 Å². The van der Waals surface area contributed by atoms with Crippen molar-refractivity contribution in [3.05, 3.63) is 22.7 Å². The van der Waals surface area contributed by atoms with E-state index in [1.807, 2.05) is 18.2 Å². The highest BCUT2D eigenvalue weighted by Gasteiger charge is 2.39. The Labute approximate surface area is 107 Å². The van der Waals surface area contributed by atoms with E-state index in [-0.39, 0.29) is 5.04 Å². The van der Waals surface area contributed by atoms with Gasteiger partial charge in [0.2, 0.25) is 0 Å². The molecule has 2 nitrogen and oxygen atoms in total. The third-order valence-corrected chi connectivity index (χ3v) is 8.36. The second-order valence-electron chi connectivity index (χ2n) is 5.52. The summed E-state index contributed by atoms with van der Waals surface area (Å²) in [6, 6.07) is 5.74. The molecule has 0 atom stereocenters. The number of nitrogen functional groups attached to an aromatic ring is 1. The topological polar surface area (TPSA) is 35.2 Å². The number of anilines is 1. The molecule has 0 aliphatic carbocycles. The Morgan fingerprint density at radius 1 is 1.25 bits per heavy atom. The predicted molar refractivity (Wildman–Crippen MR) is 76.4 cm³/mol. The molecule has 0 saturated carbocycles. The molecular weight excluding hydrogens is 282 g/mol. The van der Waals surface area contributed by atoms with Gasteiger partial charge in [-0.2, -0.15) is 0 Å². The van der Waals surface area contributed by atoms with Gasteiger partial charge in [0.25, 0.3) is 8.32 Å². The van der Waals surface area contributed by atoms with Crippen molar-refractivity contribution in [2.45, 2.75) is 38.9 Å². The van der Waals surface area contributed by atoms with Crippen LogP contribution in [0, 0.1) is 0 Å². The van der Waals surface area contributed by atoms with Crippen LogP contribution in [-0.2, 0) is 0 Å². The van der Waals surface area contributed by atoms with Crippen LogP contribution in [0.3, 0.4) is 0 Å². The lowest BCUT2D eigenvalue weighted by molar-refractivity contribution is 0.490. The molecule has 0 aliphatic heterocycles. The van der Waals surface area contributed by atoms with Gasteiger partial charge < -0.3 is 10.2 Å². The van der Waals surface area contributed by atoms with Crippen molar-refractivity contribution < 1.29 is 4.43 Å². The number of benzene rings is 1. The molecule has 0 aromatic heterocycles. The molecule has 0 spiro atoms. The van der Waals surface area contributed by atoms with Crippen LogP contribution in [0.25, 0.3) is 0 Å². The molecule has 1 aromatic carbocycles. The van der Waals surface area contributed by atoms with Crippen molar-refractivity contribution in [1.29, 1.82) is 0 Å². The van der Waals surface area contributed by atoms with Gasteiger partial charge in [-0.3, -0.25) is 0 Å². The molecule has 1 rings (SSSR count). The van der Waals surface area contributed by atoms with Crippen LogP contribution in [-0.4, -0.2) is 8.32 Å². The van der Waals surface area contributed by atoms with E-state index in [0.717, 1.165) is 15.9 Å². The van der Waals surface area contributed by atoms with E-state index < -0.39 is 8.32 Å². The molecule has 90 valence electrons. The first-order valence-corrected chi connectivity index (χ1v) is 9.08. The van der Waals surface area contributed by atoms with Crippen molar-refractivity contribution in [2.24, 2.45) is 0 Å². The highest BCUT2D eigenvalue weighted by Crippen LogP contribution is 2.40. The molecule has 0 unspecified atom stereocenters. The van der Waals surface area contributed by atoms with Gasteiger partial charge in [0.05, 0.1) is 4.47 Å². The van der Waals surface area contributed by atoms with E-state index in [0.29, 0.717) is 0 Å². The minimum absolute atomic E-state index is 0.192. The number of hydrogen-bond acceptors (Lipinski definition) is 2. The number of rotatable bonds is 2. The van der Waals surface area contributed by atoms with E-state index in [9.17, 15) is 0 Å². The molecule has 0 radical (unpaired) electrons. The molecule has 0 bridgehead atoms. The summed E-state index contributed by atoms with van der Waals surface area (Å²) in [6.07, 6.45) is 0. The number of halogens is 1. The average molecular weight is 302 g/mol. The smallest absolute Gasteiger partial charge is 0.250 e. The van der Waals surface area contributed by atoms with Gasteiger partial charge in [0.1, 0.15) is 5.75 Å². The first-order valence-electron chi connectivity index (χ1n) is 5.38. The first kappa shape index (κ1) is 13.6. The maximum atomic E-state index is 6.19. The van der Waals surface area contributed by atoms with Crippen molar-refractivity contribution in [2.75, 3.05) is 5.73 Å². The molecule has 0 heterocycles. The standard InChI is InChI=1S/C12H20BrNOSi/c1-12(2,3)16(4,5)15-10-8-6-7-9(14)11(10)13/h6-8H,14H2,1-5H3. The molecule has 0 aliphatic rings. The van der Waals surface area contributed by atoms with Crippen LogP contribution in [0.1, 0.15) is 20.8 Å². The minimum atomic E-state index is -1.79. The Morgan fingerprint density at radius 3 is 2.31 bits per heavy atom. The zero-order valence-electron chi connectivity index (χ0n) is 10.6. The Bertz CT molecular complexity index is 385. The maximum Gasteiger partial charge on any atom is 0.250 e. The lowest BCUT2D eigenvalue weighted by Gasteiger charge is -2.36. The quantitative estimate of drug-likeness (QED) is 0.648. The van der Waals surface area contributed by atoms with Gasteiger partial charge in [-0.1, -0.05) is 26.8 Å². The first-order chi connectivity index (χ1) is 7.15. The van der Waals surface area contributed by atoms with Crippen molar-refractivity contribution >= 4 is 29.9 Å². The molecule has 0 fully saturated rings. The highest BCUT2D eigenvalue weighted by atomic mass is 79.9. The van der Waals surface area contributed by atoms with E-state index in [2.05, 4.69) is 49.8 Å². The SMILES string of the molecule is CC(C)(C)[Si](C)(C)Oc1cccc(N)c1Br. The summed E-state index contributed by atoms with van der Waals surface area (Å²) in [4.78, 5) is 0. The predicted octanol–water partition coefficient (Wildman–Crippen LogP) is 4.42. The highest BCUT2D eigenvalue weighted by molar-refractivity contribution is 9.10. The second-order valence-corrected chi connectivity index (χ2v) is 11.0. The van der Waals surface area contributed by atoms with Crippen LogP contribution >= 0.6 is 15.9 Å². The van der Waals surface area contributed by atoms with Crippen LogP contribution in [0.15, 0.2) is 22.7 Å². The molecule has 2 N–H and O–H groups in total. The Morgan fingerprint density at radius 2 is 1.81 bits per heavy atom. The van der Waals surface area contributed by atoms with Gasteiger partial charge in [-0.15, -0.1) is 0 Å². The zero-order chi connectivity index (χ0) is 12.6. The summed E-state index contributed by atoms with van der Waals surface area (Å²) in [5.74, 6) is 0.853. The largest absolute Gasteiger partial charge is 0.543 e. The normalized spacial score (nSPS) is 12.6. The van der Waals surface area contributed by atoms with Gasteiger partial charge in [0.15, 0.2) is 0 Å². The lowest BCUT2D eigenvalue weighted by atomic mass is 10.2. The van der Waals surface area contributed by atoms with Gasteiger partial charge in [-0.05, 0) is 46.2 Å². The molecule has 16 heavy (non-hydrogen) atoms. The Kier molecular flexibility index (Phi) is 3.75. The summed E-state index contributed by atoms with van der Waals surface area (Å²) >= 11 is 3.47. The van der Waals surface area contributed by atoms with E-state index in [1.54, 1.807) is 0 Å². The van der Waals surface area contributed by atoms with Gasteiger partial charge >= 0.3 is 0 Å². The number of nitrogens with two attached hydrogens (primary N) is 1. The van der Waals surface area contributed by atoms with Crippen molar-refractivity contribution in [1.82, 2.24) is 0 Å². The fraction of sp³-hybridized carbons (Fsp3) is 0.500. The Hall–Kier alpha value is -0.483. The van der Waals surface area contributed by atoms with Gasteiger partial charge in [0, 0.05) is 5.69 Å². The van der Waals surface area contributed by atoms with Crippen LogP contribution in [0.2, 0.25) is 18.1 Å².